The van der Waals surface area contributed by atoms with Gasteiger partial charge >= 0.3 is 0 Å². The molecule has 6 nitrogen and oxygen atoms in total. The fraction of sp³-hybridized carbons (Fsp3) is 0.818. The molecular formula is C11H22N4O2. The van der Waals surface area contributed by atoms with Crippen LogP contribution in [0.15, 0.2) is 0 Å². The minimum absolute atomic E-state index is 0.0686. The van der Waals surface area contributed by atoms with Crippen LogP contribution in [0.3, 0.4) is 0 Å². The Morgan fingerprint density at radius 2 is 1.94 bits per heavy atom. The third kappa shape index (κ3) is 5.14. The maximum Gasteiger partial charge on any atom is 0.241 e. The average molecular weight is 242 g/mol. The molecule has 1 saturated heterocycles. The number of rotatable bonds is 4. The SMILES string of the molecule is CN(C)C(=O)CNC(=O)CN1CCC(N)CC1. The second-order valence-electron chi connectivity index (χ2n) is 4.68. The van der Waals surface area contributed by atoms with E-state index in [-0.39, 0.29) is 24.4 Å². The molecule has 0 aromatic rings. The Labute approximate surface area is 102 Å². The third-order valence-corrected chi connectivity index (χ3v) is 2.94. The summed E-state index contributed by atoms with van der Waals surface area (Å²) in [5.74, 6) is -0.199. The Kier molecular flexibility index (Phi) is 5.37. The summed E-state index contributed by atoms with van der Waals surface area (Å²) in [6.45, 7) is 2.14. The first-order valence-electron chi connectivity index (χ1n) is 5.94. The zero-order valence-electron chi connectivity index (χ0n) is 10.6. The van der Waals surface area contributed by atoms with E-state index in [4.69, 9.17) is 5.73 Å². The highest BCUT2D eigenvalue weighted by atomic mass is 16.2. The molecule has 1 heterocycles. The van der Waals surface area contributed by atoms with Gasteiger partial charge in [0, 0.05) is 33.2 Å². The summed E-state index contributed by atoms with van der Waals surface area (Å²) in [5, 5.41) is 2.62. The van der Waals surface area contributed by atoms with Crippen molar-refractivity contribution in [1.29, 1.82) is 0 Å². The Morgan fingerprint density at radius 1 is 1.35 bits per heavy atom. The van der Waals surface area contributed by atoms with E-state index in [0.29, 0.717) is 6.54 Å². The van der Waals surface area contributed by atoms with Crippen LogP contribution in [0.5, 0.6) is 0 Å². The molecule has 0 atom stereocenters. The van der Waals surface area contributed by atoms with Crippen molar-refractivity contribution in [2.24, 2.45) is 5.73 Å². The lowest BCUT2D eigenvalue weighted by Gasteiger charge is -2.29. The van der Waals surface area contributed by atoms with Gasteiger partial charge in [-0.05, 0) is 12.8 Å². The lowest BCUT2D eigenvalue weighted by molar-refractivity contribution is -0.131. The predicted octanol–water partition coefficient (Wildman–Crippen LogP) is -1.39. The number of likely N-dealkylation sites (tertiary alicyclic amines) is 1. The summed E-state index contributed by atoms with van der Waals surface area (Å²) < 4.78 is 0. The number of piperidine rings is 1. The van der Waals surface area contributed by atoms with Gasteiger partial charge in [-0.2, -0.15) is 0 Å². The van der Waals surface area contributed by atoms with Crippen molar-refractivity contribution >= 4 is 11.8 Å². The second-order valence-corrected chi connectivity index (χ2v) is 4.68. The molecule has 0 aliphatic carbocycles. The molecule has 0 spiro atoms. The van der Waals surface area contributed by atoms with Crippen LogP contribution < -0.4 is 11.1 Å². The summed E-state index contributed by atoms with van der Waals surface area (Å²) in [7, 11) is 3.33. The molecule has 1 rings (SSSR count). The Hall–Kier alpha value is -1.14. The maximum absolute atomic E-state index is 11.6. The van der Waals surface area contributed by atoms with E-state index in [1.807, 2.05) is 0 Å². The van der Waals surface area contributed by atoms with Crippen LogP contribution in [0.1, 0.15) is 12.8 Å². The molecule has 6 heteroatoms. The quantitative estimate of drug-likeness (QED) is 0.636. The number of nitrogens with zero attached hydrogens (tertiary/aromatic N) is 2. The number of nitrogens with two attached hydrogens (primary N) is 1. The molecule has 0 saturated carbocycles. The van der Waals surface area contributed by atoms with E-state index < -0.39 is 0 Å². The molecule has 0 aromatic heterocycles. The normalized spacial score (nSPS) is 17.8. The zero-order valence-corrected chi connectivity index (χ0v) is 10.6. The molecule has 98 valence electrons. The van der Waals surface area contributed by atoms with Crippen molar-refractivity contribution in [3.63, 3.8) is 0 Å². The van der Waals surface area contributed by atoms with Crippen molar-refractivity contribution in [2.45, 2.75) is 18.9 Å². The topological polar surface area (TPSA) is 78.7 Å². The Bertz CT molecular complexity index is 273. The molecule has 0 radical (unpaired) electrons. The number of carbonyl (C=O) groups excluding carboxylic acids is 2. The van der Waals surface area contributed by atoms with E-state index in [0.717, 1.165) is 25.9 Å². The molecule has 1 aliphatic heterocycles. The number of hydrogen-bond donors (Lipinski definition) is 2. The van der Waals surface area contributed by atoms with Crippen molar-refractivity contribution in [3.8, 4) is 0 Å². The van der Waals surface area contributed by atoms with Crippen LogP contribution >= 0.6 is 0 Å². The van der Waals surface area contributed by atoms with E-state index in [9.17, 15) is 9.59 Å². The lowest BCUT2D eigenvalue weighted by atomic mass is 10.1. The molecular weight excluding hydrogens is 220 g/mol. The highest BCUT2D eigenvalue weighted by molar-refractivity contribution is 5.85. The van der Waals surface area contributed by atoms with Crippen molar-refractivity contribution in [1.82, 2.24) is 15.1 Å². The summed E-state index contributed by atoms with van der Waals surface area (Å²) >= 11 is 0. The van der Waals surface area contributed by atoms with Gasteiger partial charge in [0.05, 0.1) is 13.1 Å². The van der Waals surface area contributed by atoms with Gasteiger partial charge in [-0.25, -0.2) is 0 Å². The van der Waals surface area contributed by atoms with Gasteiger partial charge in [0.25, 0.3) is 0 Å². The predicted molar refractivity (Wildman–Crippen MR) is 65.4 cm³/mol. The van der Waals surface area contributed by atoms with Crippen LogP contribution in [0, 0.1) is 0 Å². The highest BCUT2D eigenvalue weighted by Gasteiger charge is 2.18. The summed E-state index contributed by atoms with van der Waals surface area (Å²) in [4.78, 5) is 26.4. The first-order valence-corrected chi connectivity index (χ1v) is 5.94. The standard InChI is InChI=1S/C11H22N4O2/c1-14(2)11(17)7-13-10(16)8-15-5-3-9(12)4-6-15/h9H,3-8,12H2,1-2H3,(H,13,16). The van der Waals surface area contributed by atoms with Crippen LogP contribution in [0.2, 0.25) is 0 Å². The monoisotopic (exact) mass is 242 g/mol. The summed E-state index contributed by atoms with van der Waals surface area (Å²) in [6.07, 6.45) is 1.87. The van der Waals surface area contributed by atoms with E-state index in [2.05, 4.69) is 10.2 Å². The van der Waals surface area contributed by atoms with Gasteiger partial charge in [0.15, 0.2) is 0 Å². The minimum Gasteiger partial charge on any atom is -0.347 e. The van der Waals surface area contributed by atoms with Gasteiger partial charge in [-0.15, -0.1) is 0 Å². The average Bonchev–Trinajstić information content (AvgIpc) is 2.29. The van der Waals surface area contributed by atoms with Crippen LogP contribution in [-0.2, 0) is 9.59 Å². The molecule has 1 fully saturated rings. The highest BCUT2D eigenvalue weighted by Crippen LogP contribution is 2.06. The molecule has 1 aliphatic rings. The number of likely N-dealkylation sites (N-methyl/N-ethyl adjacent to an activating group) is 1. The smallest absolute Gasteiger partial charge is 0.241 e. The zero-order chi connectivity index (χ0) is 12.8. The molecule has 0 unspecified atom stereocenters. The fourth-order valence-electron chi connectivity index (χ4n) is 1.70. The van der Waals surface area contributed by atoms with Crippen molar-refractivity contribution < 1.29 is 9.59 Å². The first-order chi connectivity index (χ1) is 7.99. The minimum atomic E-state index is -0.101. The van der Waals surface area contributed by atoms with Gasteiger partial charge < -0.3 is 16.0 Å². The lowest BCUT2D eigenvalue weighted by Crippen LogP contribution is -2.46. The molecule has 17 heavy (non-hydrogen) atoms. The fourth-order valence-corrected chi connectivity index (χ4v) is 1.70. The summed E-state index contributed by atoms with van der Waals surface area (Å²) in [5.41, 5.74) is 5.78. The number of carbonyl (C=O) groups is 2. The third-order valence-electron chi connectivity index (χ3n) is 2.94. The van der Waals surface area contributed by atoms with Gasteiger partial charge in [-0.3, -0.25) is 14.5 Å². The molecule has 0 bridgehead atoms. The second kappa shape index (κ2) is 6.56. The van der Waals surface area contributed by atoms with Crippen molar-refractivity contribution in [2.75, 3.05) is 40.3 Å². The largest absolute Gasteiger partial charge is 0.347 e. The Morgan fingerprint density at radius 3 is 2.47 bits per heavy atom. The molecule has 2 amide bonds. The molecule has 0 aromatic carbocycles. The van der Waals surface area contributed by atoms with E-state index in [1.165, 1.54) is 4.90 Å². The van der Waals surface area contributed by atoms with E-state index >= 15 is 0 Å². The first kappa shape index (κ1) is 13.9. The Balaban J connectivity index is 2.19. The van der Waals surface area contributed by atoms with E-state index in [1.54, 1.807) is 14.1 Å². The van der Waals surface area contributed by atoms with Gasteiger partial charge in [-0.1, -0.05) is 0 Å². The van der Waals surface area contributed by atoms with Crippen molar-refractivity contribution in [3.05, 3.63) is 0 Å². The summed E-state index contributed by atoms with van der Waals surface area (Å²) in [6, 6.07) is 0.268. The van der Waals surface area contributed by atoms with Crippen LogP contribution in [0.25, 0.3) is 0 Å². The van der Waals surface area contributed by atoms with Gasteiger partial charge in [0.2, 0.25) is 11.8 Å². The molecule has 3 N–H and O–H groups in total. The van der Waals surface area contributed by atoms with Crippen LogP contribution in [0.4, 0.5) is 0 Å². The van der Waals surface area contributed by atoms with Crippen LogP contribution in [-0.4, -0.2) is 67.9 Å². The number of hydrogen-bond acceptors (Lipinski definition) is 4. The number of amides is 2. The maximum atomic E-state index is 11.6. The van der Waals surface area contributed by atoms with Gasteiger partial charge in [0.1, 0.15) is 0 Å². The number of nitrogens with one attached hydrogen (secondary N) is 1.